The van der Waals surface area contributed by atoms with E-state index in [-0.39, 0.29) is 36.1 Å². The van der Waals surface area contributed by atoms with Gasteiger partial charge in [0.1, 0.15) is 6.04 Å². The zero-order chi connectivity index (χ0) is 29.3. The highest BCUT2D eigenvalue weighted by Crippen LogP contribution is 2.67. The van der Waals surface area contributed by atoms with Crippen molar-refractivity contribution in [2.24, 2.45) is 11.8 Å². The van der Waals surface area contributed by atoms with Crippen LogP contribution in [-0.4, -0.2) is 74.4 Å². The van der Waals surface area contributed by atoms with Crippen LogP contribution in [0.5, 0.6) is 0 Å². The van der Waals surface area contributed by atoms with E-state index in [1.54, 1.807) is 63.7 Å². The van der Waals surface area contributed by atoms with Gasteiger partial charge in [0, 0.05) is 24.9 Å². The molecule has 2 aromatic rings. The van der Waals surface area contributed by atoms with Crippen LogP contribution >= 0.6 is 23.4 Å². The molecule has 3 heterocycles. The number of halogens is 1. The number of aliphatic hydroxyl groups excluding tert-OH is 1. The van der Waals surface area contributed by atoms with Gasteiger partial charge in [-0.2, -0.15) is 0 Å². The topological polar surface area (TPSA) is 81.2 Å². The lowest BCUT2D eigenvalue weighted by molar-refractivity contribution is -0.145. The SMILES string of the molecule is C=CCN(Cc1ccccc1)C(=O)[C@@H]1[C@@H]2CCC3(S2)C(C(=O)N(CC=C)c2ccccc2Cl)N([C@H](C)CO)C(=O)[C@H]13. The van der Waals surface area contributed by atoms with Crippen molar-refractivity contribution < 1.29 is 19.5 Å². The molecule has 2 unspecified atom stereocenters. The van der Waals surface area contributed by atoms with E-state index in [2.05, 4.69) is 13.2 Å². The van der Waals surface area contributed by atoms with Gasteiger partial charge in [-0.3, -0.25) is 14.4 Å². The van der Waals surface area contributed by atoms with Crippen LogP contribution in [0.4, 0.5) is 5.69 Å². The molecule has 0 saturated carbocycles. The maximum atomic E-state index is 14.6. The van der Waals surface area contributed by atoms with Crippen molar-refractivity contribution in [2.45, 2.75) is 48.4 Å². The summed E-state index contributed by atoms with van der Waals surface area (Å²) in [5, 5.41) is 10.5. The van der Waals surface area contributed by atoms with Gasteiger partial charge in [-0.15, -0.1) is 24.9 Å². The van der Waals surface area contributed by atoms with Gasteiger partial charge >= 0.3 is 0 Å². The van der Waals surface area contributed by atoms with Gasteiger partial charge in [-0.25, -0.2) is 0 Å². The first-order chi connectivity index (χ1) is 19.8. The Bertz CT molecular complexity index is 1340. The van der Waals surface area contributed by atoms with E-state index in [4.69, 9.17) is 11.6 Å². The molecule has 6 atom stereocenters. The molecular formula is C32H36ClN3O4S. The highest BCUT2D eigenvalue weighted by atomic mass is 35.5. The van der Waals surface area contributed by atoms with Crippen LogP contribution in [0.3, 0.4) is 0 Å². The third kappa shape index (κ3) is 5.00. The molecular weight excluding hydrogens is 558 g/mol. The summed E-state index contributed by atoms with van der Waals surface area (Å²) in [5.41, 5.74) is 1.53. The first kappa shape index (κ1) is 29.4. The molecule has 5 rings (SSSR count). The Balaban J connectivity index is 1.54. The van der Waals surface area contributed by atoms with E-state index in [9.17, 15) is 19.5 Å². The van der Waals surface area contributed by atoms with Crippen molar-refractivity contribution in [3.05, 3.63) is 90.5 Å². The highest BCUT2D eigenvalue weighted by Gasteiger charge is 2.74. The summed E-state index contributed by atoms with van der Waals surface area (Å²) in [6, 6.07) is 15.4. The van der Waals surface area contributed by atoms with Gasteiger partial charge in [0.2, 0.25) is 11.8 Å². The molecule has 3 saturated heterocycles. The fourth-order valence-electron chi connectivity index (χ4n) is 6.87. The maximum Gasteiger partial charge on any atom is 0.251 e. The lowest BCUT2D eigenvalue weighted by atomic mass is 9.70. The number of likely N-dealkylation sites (tertiary alicyclic amines) is 1. The van der Waals surface area contributed by atoms with E-state index in [0.717, 1.165) is 12.0 Å². The van der Waals surface area contributed by atoms with Gasteiger partial charge in [0.25, 0.3) is 5.91 Å². The molecule has 41 heavy (non-hydrogen) atoms. The third-order valence-electron chi connectivity index (χ3n) is 8.59. The number of hydrogen-bond donors (Lipinski definition) is 1. The molecule has 7 nitrogen and oxygen atoms in total. The fourth-order valence-corrected chi connectivity index (χ4v) is 9.30. The number of para-hydroxylation sites is 1. The Morgan fingerprint density at radius 3 is 2.46 bits per heavy atom. The summed E-state index contributed by atoms with van der Waals surface area (Å²) in [6.45, 7) is 10.1. The average molecular weight is 594 g/mol. The number of nitrogens with zero attached hydrogens (tertiary/aromatic N) is 3. The van der Waals surface area contributed by atoms with Gasteiger partial charge in [0.15, 0.2) is 0 Å². The van der Waals surface area contributed by atoms with Gasteiger partial charge in [-0.1, -0.05) is 66.2 Å². The predicted octanol–water partition coefficient (Wildman–Crippen LogP) is 4.55. The van der Waals surface area contributed by atoms with E-state index in [1.807, 2.05) is 36.4 Å². The minimum Gasteiger partial charge on any atom is -0.394 e. The Morgan fingerprint density at radius 1 is 1.12 bits per heavy atom. The van der Waals surface area contributed by atoms with Gasteiger partial charge in [0.05, 0.1) is 39.9 Å². The zero-order valence-electron chi connectivity index (χ0n) is 23.2. The monoisotopic (exact) mass is 593 g/mol. The van der Waals surface area contributed by atoms with Crippen molar-refractivity contribution >= 4 is 46.8 Å². The molecule has 216 valence electrons. The fraction of sp³-hybridized carbons (Fsp3) is 0.406. The summed E-state index contributed by atoms with van der Waals surface area (Å²) in [7, 11) is 0. The molecule has 1 N–H and O–H groups in total. The second kappa shape index (κ2) is 12.0. The minimum absolute atomic E-state index is 0.0745. The molecule has 2 aromatic carbocycles. The number of fused-ring (bicyclic) bond motifs is 1. The number of carbonyl (C=O) groups is 3. The van der Waals surface area contributed by atoms with Crippen LogP contribution in [0.2, 0.25) is 5.02 Å². The number of thioether (sulfide) groups is 1. The molecule has 1 spiro atoms. The van der Waals surface area contributed by atoms with Crippen LogP contribution < -0.4 is 4.90 Å². The number of rotatable bonds is 11. The first-order valence-electron chi connectivity index (χ1n) is 14.0. The van der Waals surface area contributed by atoms with Crippen LogP contribution in [-0.2, 0) is 20.9 Å². The highest BCUT2D eigenvalue weighted by molar-refractivity contribution is 8.02. The van der Waals surface area contributed by atoms with Crippen LogP contribution in [0.25, 0.3) is 0 Å². The van der Waals surface area contributed by atoms with Crippen molar-refractivity contribution in [3.63, 3.8) is 0 Å². The largest absolute Gasteiger partial charge is 0.394 e. The van der Waals surface area contributed by atoms with Gasteiger partial charge in [-0.05, 0) is 37.5 Å². The van der Waals surface area contributed by atoms with E-state index >= 15 is 0 Å². The second-order valence-corrected chi connectivity index (χ2v) is 13.0. The smallest absolute Gasteiger partial charge is 0.251 e. The van der Waals surface area contributed by atoms with Crippen molar-refractivity contribution in [2.75, 3.05) is 24.6 Å². The Hall–Kier alpha value is -3.07. The maximum absolute atomic E-state index is 14.6. The number of aliphatic hydroxyl groups is 1. The Morgan fingerprint density at radius 2 is 1.80 bits per heavy atom. The molecule has 0 aromatic heterocycles. The molecule has 2 bridgehead atoms. The number of carbonyl (C=O) groups excluding carboxylic acids is 3. The Labute approximate surface area is 250 Å². The molecule has 3 amide bonds. The van der Waals surface area contributed by atoms with Crippen molar-refractivity contribution in [1.82, 2.24) is 9.80 Å². The summed E-state index contributed by atoms with van der Waals surface area (Å²) in [6.07, 6.45) is 4.71. The van der Waals surface area contributed by atoms with E-state index < -0.39 is 28.7 Å². The standard InChI is InChI=1S/C32H36ClN3O4S/c1-4-17-34(19-22-11-7-6-8-12-22)29(38)26-25-15-16-32(41-25)27(26)30(39)36(21(3)20-37)28(32)31(40)35(18-5-2)24-14-10-9-13-23(24)33/h4-14,21,25-28,37H,1-2,15-20H2,3H3/t21-,25+,26-,27+,28?,32?/m1/s1. The van der Waals surface area contributed by atoms with Crippen molar-refractivity contribution in [3.8, 4) is 0 Å². The molecule has 0 radical (unpaired) electrons. The minimum atomic E-state index is -0.854. The lowest BCUT2D eigenvalue weighted by Gasteiger charge is -2.39. The first-order valence-corrected chi connectivity index (χ1v) is 15.3. The van der Waals surface area contributed by atoms with E-state index in [1.165, 1.54) is 0 Å². The number of anilines is 1. The number of amides is 3. The second-order valence-electron chi connectivity index (χ2n) is 11.0. The molecule has 0 aliphatic carbocycles. The number of hydrogen-bond acceptors (Lipinski definition) is 5. The van der Waals surface area contributed by atoms with Gasteiger partial charge < -0.3 is 19.8 Å². The molecule has 3 aliphatic heterocycles. The summed E-state index contributed by atoms with van der Waals surface area (Å²) < 4.78 is -0.782. The zero-order valence-corrected chi connectivity index (χ0v) is 24.8. The lowest BCUT2D eigenvalue weighted by Crippen LogP contribution is -2.57. The van der Waals surface area contributed by atoms with E-state index in [0.29, 0.717) is 30.2 Å². The van der Waals surface area contributed by atoms with Crippen LogP contribution in [0.1, 0.15) is 25.3 Å². The molecule has 9 heteroatoms. The molecule has 3 aliphatic rings. The normalized spacial score (nSPS) is 26.9. The van der Waals surface area contributed by atoms with Crippen molar-refractivity contribution in [1.29, 1.82) is 0 Å². The molecule has 3 fully saturated rings. The van der Waals surface area contributed by atoms with Crippen LogP contribution in [0, 0.1) is 11.8 Å². The Kier molecular flexibility index (Phi) is 8.64. The third-order valence-corrected chi connectivity index (χ3v) is 10.9. The summed E-state index contributed by atoms with van der Waals surface area (Å²) >= 11 is 8.14. The predicted molar refractivity (Wildman–Crippen MR) is 164 cm³/mol. The average Bonchev–Trinajstić information content (AvgIpc) is 3.63. The van der Waals surface area contributed by atoms with Crippen LogP contribution in [0.15, 0.2) is 79.9 Å². The summed E-state index contributed by atoms with van der Waals surface area (Å²) in [5.74, 6) is -1.84. The number of benzene rings is 2. The quantitative estimate of drug-likeness (QED) is 0.387. The summed E-state index contributed by atoms with van der Waals surface area (Å²) in [4.78, 5) is 48.0.